The van der Waals surface area contributed by atoms with Gasteiger partial charge in [0.05, 0.1) is 19.4 Å². The van der Waals surface area contributed by atoms with Crippen LogP contribution in [0.1, 0.15) is 36.2 Å². The van der Waals surface area contributed by atoms with Crippen LogP contribution in [0.2, 0.25) is 0 Å². The summed E-state index contributed by atoms with van der Waals surface area (Å²) in [5, 5.41) is 0. The van der Waals surface area contributed by atoms with E-state index in [2.05, 4.69) is 14.9 Å². The first-order valence-corrected chi connectivity index (χ1v) is 9.87. The van der Waals surface area contributed by atoms with Gasteiger partial charge in [-0.1, -0.05) is 0 Å². The molecule has 0 radical (unpaired) electrons. The monoisotopic (exact) mass is 375 g/mol. The van der Waals surface area contributed by atoms with Crippen LogP contribution in [0.4, 0.5) is 0 Å². The van der Waals surface area contributed by atoms with Crippen molar-refractivity contribution in [3.63, 3.8) is 0 Å². The highest BCUT2D eigenvalue weighted by molar-refractivity contribution is 5.92. The fraction of sp³-hybridized carbons (Fsp3) is 0.684. The third-order valence-corrected chi connectivity index (χ3v) is 5.13. The van der Waals surface area contributed by atoms with Gasteiger partial charge in [0, 0.05) is 64.6 Å². The SMILES string of the molecule is O=C(CCN(CCCN1CCOCC1)C(=O)c1cnccn1)N1CCCC1. The molecular formula is C19H29N5O3. The predicted octanol–water partition coefficient (Wildman–Crippen LogP) is 0.654. The summed E-state index contributed by atoms with van der Waals surface area (Å²) in [7, 11) is 0. The van der Waals surface area contributed by atoms with Gasteiger partial charge in [0.15, 0.2) is 0 Å². The van der Waals surface area contributed by atoms with Gasteiger partial charge in [-0.05, 0) is 19.3 Å². The first kappa shape index (κ1) is 19.7. The van der Waals surface area contributed by atoms with Crippen LogP contribution in [0.25, 0.3) is 0 Å². The van der Waals surface area contributed by atoms with E-state index < -0.39 is 0 Å². The number of rotatable bonds is 8. The van der Waals surface area contributed by atoms with Crippen molar-refractivity contribution >= 4 is 11.8 Å². The molecule has 2 saturated heterocycles. The van der Waals surface area contributed by atoms with Gasteiger partial charge in [0.1, 0.15) is 5.69 Å². The number of carbonyl (C=O) groups is 2. The van der Waals surface area contributed by atoms with E-state index in [1.807, 2.05) is 4.90 Å². The summed E-state index contributed by atoms with van der Waals surface area (Å²) in [4.78, 5) is 39.3. The van der Waals surface area contributed by atoms with E-state index in [0.29, 0.717) is 25.2 Å². The molecule has 2 amide bonds. The molecule has 0 saturated carbocycles. The van der Waals surface area contributed by atoms with Gasteiger partial charge in [0.25, 0.3) is 5.91 Å². The minimum atomic E-state index is -0.153. The number of carbonyl (C=O) groups excluding carboxylic acids is 2. The van der Waals surface area contributed by atoms with E-state index in [0.717, 1.165) is 65.2 Å². The van der Waals surface area contributed by atoms with Gasteiger partial charge < -0.3 is 14.5 Å². The lowest BCUT2D eigenvalue weighted by molar-refractivity contribution is -0.130. The zero-order valence-corrected chi connectivity index (χ0v) is 15.9. The molecular weight excluding hydrogens is 346 g/mol. The molecule has 0 aromatic carbocycles. The summed E-state index contributed by atoms with van der Waals surface area (Å²) < 4.78 is 5.37. The van der Waals surface area contributed by atoms with Crippen LogP contribution in [-0.2, 0) is 9.53 Å². The number of hydrogen-bond acceptors (Lipinski definition) is 6. The number of ether oxygens (including phenoxy) is 1. The van der Waals surface area contributed by atoms with Crippen molar-refractivity contribution in [3.05, 3.63) is 24.3 Å². The molecule has 3 heterocycles. The Morgan fingerprint density at radius 2 is 1.85 bits per heavy atom. The van der Waals surface area contributed by atoms with E-state index >= 15 is 0 Å². The second-order valence-corrected chi connectivity index (χ2v) is 7.03. The van der Waals surface area contributed by atoms with Gasteiger partial charge in [-0.25, -0.2) is 4.98 Å². The van der Waals surface area contributed by atoms with Gasteiger partial charge in [-0.2, -0.15) is 0 Å². The summed E-state index contributed by atoms with van der Waals surface area (Å²) in [6.45, 7) is 7.06. The highest BCUT2D eigenvalue weighted by Crippen LogP contribution is 2.11. The smallest absolute Gasteiger partial charge is 0.274 e. The molecule has 0 spiro atoms. The molecule has 27 heavy (non-hydrogen) atoms. The predicted molar refractivity (Wildman–Crippen MR) is 100 cm³/mol. The summed E-state index contributed by atoms with van der Waals surface area (Å²) in [5.41, 5.74) is 0.331. The fourth-order valence-corrected chi connectivity index (χ4v) is 3.55. The van der Waals surface area contributed by atoms with Crippen LogP contribution in [0.5, 0.6) is 0 Å². The molecule has 0 N–H and O–H groups in total. The maximum Gasteiger partial charge on any atom is 0.274 e. The van der Waals surface area contributed by atoms with Crippen molar-refractivity contribution in [3.8, 4) is 0 Å². The van der Waals surface area contributed by atoms with Crippen LogP contribution in [0.15, 0.2) is 18.6 Å². The Balaban J connectivity index is 1.53. The Morgan fingerprint density at radius 1 is 1.07 bits per heavy atom. The summed E-state index contributed by atoms with van der Waals surface area (Å²) >= 11 is 0. The van der Waals surface area contributed by atoms with Gasteiger partial charge in [-0.15, -0.1) is 0 Å². The second kappa shape index (κ2) is 10.3. The van der Waals surface area contributed by atoms with Crippen molar-refractivity contribution in [2.24, 2.45) is 0 Å². The summed E-state index contributed by atoms with van der Waals surface area (Å²) in [6, 6.07) is 0. The number of likely N-dealkylation sites (tertiary alicyclic amines) is 1. The standard InChI is InChI=1S/C19H29N5O3/c25-18(23-8-1-2-9-23)4-11-24(19(26)17-16-20-5-6-21-17)10-3-7-22-12-14-27-15-13-22/h5-6,16H,1-4,7-15H2. The fourth-order valence-electron chi connectivity index (χ4n) is 3.55. The van der Waals surface area contributed by atoms with E-state index in [4.69, 9.17) is 4.74 Å². The maximum absolute atomic E-state index is 12.8. The maximum atomic E-state index is 12.8. The molecule has 8 heteroatoms. The van der Waals surface area contributed by atoms with Crippen LogP contribution in [0, 0.1) is 0 Å². The molecule has 2 aliphatic rings. The molecule has 8 nitrogen and oxygen atoms in total. The molecule has 0 unspecified atom stereocenters. The van der Waals surface area contributed by atoms with E-state index in [9.17, 15) is 9.59 Å². The molecule has 1 aromatic heterocycles. The molecule has 0 atom stereocenters. The first-order valence-electron chi connectivity index (χ1n) is 9.87. The molecule has 0 bridgehead atoms. The zero-order chi connectivity index (χ0) is 18.9. The molecule has 2 fully saturated rings. The second-order valence-electron chi connectivity index (χ2n) is 7.03. The minimum Gasteiger partial charge on any atom is -0.379 e. The lowest BCUT2D eigenvalue weighted by Gasteiger charge is -2.28. The molecule has 1 aromatic rings. The Kier molecular flexibility index (Phi) is 7.53. The van der Waals surface area contributed by atoms with Crippen molar-refractivity contribution in [1.82, 2.24) is 24.7 Å². The van der Waals surface area contributed by atoms with Crippen molar-refractivity contribution < 1.29 is 14.3 Å². The third kappa shape index (κ3) is 5.97. The summed E-state index contributed by atoms with van der Waals surface area (Å²) in [6.07, 6.45) is 7.94. The van der Waals surface area contributed by atoms with Crippen molar-refractivity contribution in [2.45, 2.75) is 25.7 Å². The van der Waals surface area contributed by atoms with Gasteiger partial charge >= 0.3 is 0 Å². The van der Waals surface area contributed by atoms with Crippen LogP contribution in [0.3, 0.4) is 0 Å². The normalized spacial score (nSPS) is 17.9. The Labute approximate surface area is 160 Å². The van der Waals surface area contributed by atoms with E-state index in [-0.39, 0.29) is 11.8 Å². The highest BCUT2D eigenvalue weighted by Gasteiger charge is 2.22. The Bertz CT molecular complexity index is 601. The van der Waals surface area contributed by atoms with Crippen molar-refractivity contribution in [1.29, 1.82) is 0 Å². The topological polar surface area (TPSA) is 78.9 Å². The number of nitrogens with zero attached hydrogens (tertiary/aromatic N) is 5. The largest absolute Gasteiger partial charge is 0.379 e. The lowest BCUT2D eigenvalue weighted by atomic mass is 10.2. The van der Waals surface area contributed by atoms with Crippen molar-refractivity contribution in [2.75, 3.05) is 59.0 Å². The molecule has 2 aliphatic heterocycles. The van der Waals surface area contributed by atoms with Gasteiger partial charge in [0.2, 0.25) is 5.91 Å². The van der Waals surface area contributed by atoms with Gasteiger partial charge in [-0.3, -0.25) is 19.5 Å². The van der Waals surface area contributed by atoms with E-state index in [1.165, 1.54) is 12.4 Å². The van der Waals surface area contributed by atoms with Crippen LogP contribution < -0.4 is 0 Å². The minimum absolute atomic E-state index is 0.137. The lowest BCUT2D eigenvalue weighted by Crippen LogP contribution is -2.40. The number of morpholine rings is 1. The highest BCUT2D eigenvalue weighted by atomic mass is 16.5. The zero-order valence-electron chi connectivity index (χ0n) is 15.9. The molecule has 0 aliphatic carbocycles. The third-order valence-electron chi connectivity index (χ3n) is 5.13. The average Bonchev–Trinajstić information content (AvgIpc) is 3.26. The number of hydrogen-bond donors (Lipinski definition) is 0. The van der Waals surface area contributed by atoms with Crippen LogP contribution >= 0.6 is 0 Å². The Morgan fingerprint density at radius 3 is 2.56 bits per heavy atom. The van der Waals surface area contributed by atoms with Crippen LogP contribution in [-0.4, -0.2) is 95.5 Å². The van der Waals surface area contributed by atoms with E-state index in [1.54, 1.807) is 11.1 Å². The first-order chi connectivity index (χ1) is 13.2. The Hall–Kier alpha value is -2.06. The number of aromatic nitrogens is 2. The summed E-state index contributed by atoms with van der Waals surface area (Å²) in [5.74, 6) is -0.0167. The average molecular weight is 375 g/mol. The number of amides is 2. The molecule has 3 rings (SSSR count). The molecule has 148 valence electrons. The quantitative estimate of drug-likeness (QED) is 0.664.